The lowest BCUT2D eigenvalue weighted by molar-refractivity contribution is -0.113. The second-order valence-electron chi connectivity index (χ2n) is 8.76. The van der Waals surface area contributed by atoms with E-state index < -0.39 is 21.5 Å². The molecule has 0 atom stereocenters. The van der Waals surface area contributed by atoms with Crippen molar-refractivity contribution in [1.82, 2.24) is 4.90 Å². The van der Waals surface area contributed by atoms with Crippen LogP contribution in [-0.2, 0) is 14.6 Å². The van der Waals surface area contributed by atoms with E-state index in [1.54, 1.807) is 24.3 Å². The number of carbonyl (C=O) groups excluding carboxylic acids is 2. The Kier molecular flexibility index (Phi) is 7.21. The van der Waals surface area contributed by atoms with E-state index in [0.29, 0.717) is 31.9 Å². The first-order valence-corrected chi connectivity index (χ1v) is 13.2. The van der Waals surface area contributed by atoms with Crippen LogP contribution in [0, 0.1) is 13.8 Å². The molecule has 1 heterocycles. The van der Waals surface area contributed by atoms with Crippen molar-refractivity contribution in [3.63, 3.8) is 0 Å². The fourth-order valence-electron chi connectivity index (χ4n) is 4.11. The number of carbonyl (C=O) groups is 2. The van der Waals surface area contributed by atoms with Crippen LogP contribution < -0.4 is 10.2 Å². The Labute approximate surface area is 206 Å². The van der Waals surface area contributed by atoms with Gasteiger partial charge >= 0.3 is 0 Å². The molecule has 0 saturated carbocycles. The first kappa shape index (κ1) is 24.5. The average molecular weight is 492 g/mol. The zero-order valence-electron chi connectivity index (χ0n) is 19.9. The molecule has 7 nitrogen and oxygen atoms in total. The summed E-state index contributed by atoms with van der Waals surface area (Å²) in [6, 6.07) is 21.4. The number of nitrogens with zero attached hydrogens (tertiary/aromatic N) is 2. The molecular weight excluding hydrogens is 462 g/mol. The Bertz CT molecular complexity index is 1310. The number of benzene rings is 3. The first-order valence-electron chi connectivity index (χ1n) is 11.5. The molecule has 0 bridgehead atoms. The molecule has 1 fully saturated rings. The smallest absolute Gasteiger partial charge is 0.254 e. The van der Waals surface area contributed by atoms with Crippen LogP contribution in [0.1, 0.15) is 21.5 Å². The number of anilines is 2. The standard InChI is InChI=1S/C27H29N3O4S/c1-20-7-13-24(14-8-20)35(33,34)19-26(31)28-22-9-11-23(12-10-22)29-15-17-30(18-16-29)27(32)25-6-4-3-5-21(25)2/h3-14H,15-19H2,1-2H3,(H,28,31). The number of hydrogen-bond acceptors (Lipinski definition) is 5. The highest BCUT2D eigenvalue weighted by atomic mass is 32.2. The van der Waals surface area contributed by atoms with E-state index in [1.165, 1.54) is 12.1 Å². The number of amides is 2. The van der Waals surface area contributed by atoms with Crippen molar-refractivity contribution < 1.29 is 18.0 Å². The van der Waals surface area contributed by atoms with Crippen LogP contribution in [-0.4, -0.2) is 57.1 Å². The summed E-state index contributed by atoms with van der Waals surface area (Å²) in [5.41, 5.74) is 4.19. The quantitative estimate of drug-likeness (QED) is 0.569. The summed E-state index contributed by atoms with van der Waals surface area (Å²) < 4.78 is 25.0. The molecule has 0 aromatic heterocycles. The van der Waals surface area contributed by atoms with Gasteiger partial charge in [-0.3, -0.25) is 9.59 Å². The molecule has 0 aliphatic carbocycles. The topological polar surface area (TPSA) is 86.8 Å². The third kappa shape index (κ3) is 5.89. The minimum Gasteiger partial charge on any atom is -0.368 e. The SMILES string of the molecule is Cc1ccc(S(=O)(=O)CC(=O)Nc2ccc(N3CCN(C(=O)c4ccccc4C)CC3)cc2)cc1. The van der Waals surface area contributed by atoms with Gasteiger partial charge in [-0.05, 0) is 61.9 Å². The van der Waals surface area contributed by atoms with Crippen LogP contribution in [0.2, 0.25) is 0 Å². The fraction of sp³-hybridized carbons (Fsp3) is 0.259. The number of nitrogens with one attached hydrogen (secondary N) is 1. The summed E-state index contributed by atoms with van der Waals surface area (Å²) in [6.45, 7) is 6.49. The molecule has 0 unspecified atom stereocenters. The molecule has 3 aromatic rings. The summed E-state index contributed by atoms with van der Waals surface area (Å²) in [6.07, 6.45) is 0. The molecule has 2 amide bonds. The van der Waals surface area contributed by atoms with E-state index in [0.717, 1.165) is 22.4 Å². The summed E-state index contributed by atoms with van der Waals surface area (Å²) in [5.74, 6) is -1.14. The highest BCUT2D eigenvalue weighted by molar-refractivity contribution is 7.92. The van der Waals surface area contributed by atoms with Crippen molar-refractivity contribution in [2.75, 3.05) is 42.1 Å². The van der Waals surface area contributed by atoms with E-state index >= 15 is 0 Å². The number of hydrogen-bond donors (Lipinski definition) is 1. The Hall–Kier alpha value is -3.65. The van der Waals surface area contributed by atoms with Gasteiger partial charge in [-0.25, -0.2) is 8.42 Å². The van der Waals surface area contributed by atoms with Gasteiger partial charge in [0.1, 0.15) is 5.75 Å². The molecule has 3 aromatic carbocycles. The molecular formula is C27H29N3O4S. The van der Waals surface area contributed by atoms with Gasteiger partial charge in [0, 0.05) is 43.1 Å². The fourth-order valence-corrected chi connectivity index (χ4v) is 5.24. The second-order valence-corrected chi connectivity index (χ2v) is 10.8. The molecule has 0 radical (unpaired) electrons. The highest BCUT2D eigenvalue weighted by Crippen LogP contribution is 2.21. The maximum atomic E-state index is 12.8. The number of rotatable bonds is 6. The monoisotopic (exact) mass is 491 g/mol. The largest absolute Gasteiger partial charge is 0.368 e. The Morgan fingerprint density at radius 3 is 2.09 bits per heavy atom. The molecule has 1 aliphatic heterocycles. The molecule has 35 heavy (non-hydrogen) atoms. The van der Waals surface area contributed by atoms with Gasteiger partial charge in [-0.2, -0.15) is 0 Å². The van der Waals surface area contributed by atoms with Gasteiger partial charge in [0.15, 0.2) is 9.84 Å². The average Bonchev–Trinajstić information content (AvgIpc) is 2.84. The first-order chi connectivity index (χ1) is 16.7. The molecule has 1 saturated heterocycles. The van der Waals surface area contributed by atoms with Crippen LogP contribution >= 0.6 is 0 Å². The lowest BCUT2D eigenvalue weighted by atomic mass is 10.1. The maximum Gasteiger partial charge on any atom is 0.254 e. The van der Waals surface area contributed by atoms with Gasteiger partial charge in [0.25, 0.3) is 5.91 Å². The minimum absolute atomic E-state index is 0.0569. The zero-order chi connectivity index (χ0) is 25.0. The second kappa shape index (κ2) is 10.3. The van der Waals surface area contributed by atoms with Gasteiger partial charge in [0.2, 0.25) is 5.91 Å². The van der Waals surface area contributed by atoms with Gasteiger partial charge in [-0.15, -0.1) is 0 Å². The summed E-state index contributed by atoms with van der Waals surface area (Å²) in [4.78, 5) is 29.4. The summed E-state index contributed by atoms with van der Waals surface area (Å²) >= 11 is 0. The lowest BCUT2D eigenvalue weighted by Crippen LogP contribution is -2.48. The Morgan fingerprint density at radius 1 is 0.829 bits per heavy atom. The molecule has 182 valence electrons. The lowest BCUT2D eigenvalue weighted by Gasteiger charge is -2.36. The molecule has 0 spiro atoms. The molecule has 8 heteroatoms. The minimum atomic E-state index is -3.71. The van der Waals surface area contributed by atoms with E-state index in [1.807, 2.05) is 55.1 Å². The number of sulfone groups is 1. The normalized spacial score (nSPS) is 14.0. The van der Waals surface area contributed by atoms with Crippen molar-refractivity contribution in [2.24, 2.45) is 0 Å². The van der Waals surface area contributed by atoms with E-state index in [2.05, 4.69) is 10.2 Å². The van der Waals surface area contributed by atoms with Crippen LogP contribution in [0.5, 0.6) is 0 Å². The predicted molar refractivity (Wildman–Crippen MR) is 138 cm³/mol. The van der Waals surface area contributed by atoms with Gasteiger partial charge in [0.05, 0.1) is 4.90 Å². The van der Waals surface area contributed by atoms with E-state index in [9.17, 15) is 18.0 Å². The van der Waals surface area contributed by atoms with Gasteiger partial charge in [-0.1, -0.05) is 35.9 Å². The third-order valence-electron chi connectivity index (χ3n) is 6.16. The third-order valence-corrected chi connectivity index (χ3v) is 7.79. The maximum absolute atomic E-state index is 12.8. The highest BCUT2D eigenvalue weighted by Gasteiger charge is 2.23. The number of piperazine rings is 1. The number of aryl methyl sites for hydroxylation is 2. The van der Waals surface area contributed by atoms with Gasteiger partial charge < -0.3 is 15.1 Å². The van der Waals surface area contributed by atoms with Crippen molar-refractivity contribution in [2.45, 2.75) is 18.7 Å². The molecule has 4 rings (SSSR count). The van der Waals surface area contributed by atoms with Crippen LogP contribution in [0.15, 0.2) is 77.7 Å². The molecule has 1 N–H and O–H groups in total. The van der Waals surface area contributed by atoms with Crippen molar-refractivity contribution in [1.29, 1.82) is 0 Å². The van der Waals surface area contributed by atoms with Crippen LogP contribution in [0.3, 0.4) is 0 Å². The van der Waals surface area contributed by atoms with Crippen molar-refractivity contribution >= 4 is 33.0 Å². The van der Waals surface area contributed by atoms with Crippen LogP contribution in [0.25, 0.3) is 0 Å². The van der Waals surface area contributed by atoms with E-state index in [-0.39, 0.29) is 10.8 Å². The molecule has 1 aliphatic rings. The van der Waals surface area contributed by atoms with Crippen molar-refractivity contribution in [3.8, 4) is 0 Å². The predicted octanol–water partition coefficient (Wildman–Crippen LogP) is 3.68. The summed E-state index contributed by atoms with van der Waals surface area (Å²) in [5, 5.41) is 2.67. The zero-order valence-corrected chi connectivity index (χ0v) is 20.7. The summed E-state index contributed by atoms with van der Waals surface area (Å²) in [7, 11) is -3.71. The van der Waals surface area contributed by atoms with E-state index in [4.69, 9.17) is 0 Å². The van der Waals surface area contributed by atoms with Crippen LogP contribution in [0.4, 0.5) is 11.4 Å². The Morgan fingerprint density at radius 2 is 1.46 bits per heavy atom. The van der Waals surface area contributed by atoms with Crippen molar-refractivity contribution in [3.05, 3.63) is 89.5 Å². The Balaban J connectivity index is 1.31.